The van der Waals surface area contributed by atoms with Crippen LogP contribution < -0.4 is 9.04 Å². The molecule has 0 atom stereocenters. The minimum absolute atomic E-state index is 0.122. The summed E-state index contributed by atoms with van der Waals surface area (Å²) >= 11 is 0. The molecule has 2 aromatic rings. The fourth-order valence-corrected chi connectivity index (χ4v) is 4.39. The minimum atomic E-state index is -3.87. The quantitative estimate of drug-likeness (QED) is 0.779. The molecule has 3 rings (SSSR count). The molecule has 0 aromatic heterocycles. The predicted octanol–water partition coefficient (Wildman–Crippen LogP) is 2.51. The van der Waals surface area contributed by atoms with Gasteiger partial charge in [-0.3, -0.25) is 9.10 Å². The Labute approximate surface area is 154 Å². The van der Waals surface area contributed by atoms with Gasteiger partial charge in [-0.25, -0.2) is 8.42 Å². The van der Waals surface area contributed by atoms with Gasteiger partial charge in [-0.15, -0.1) is 0 Å². The van der Waals surface area contributed by atoms with Crippen molar-refractivity contribution in [2.75, 3.05) is 31.0 Å². The number of likely N-dealkylation sites (tertiary alicyclic amines) is 1. The van der Waals surface area contributed by atoms with Crippen LogP contribution in [0.1, 0.15) is 12.8 Å². The molecular weight excluding hydrogens is 352 g/mol. The van der Waals surface area contributed by atoms with Crippen LogP contribution >= 0.6 is 0 Å². The highest BCUT2D eigenvalue weighted by Gasteiger charge is 2.29. The second-order valence-electron chi connectivity index (χ2n) is 6.11. The van der Waals surface area contributed by atoms with Crippen molar-refractivity contribution in [1.29, 1.82) is 0 Å². The highest BCUT2D eigenvalue weighted by Crippen LogP contribution is 2.25. The number of carbonyl (C=O) groups is 1. The fraction of sp³-hybridized carbons (Fsp3) is 0.316. The van der Waals surface area contributed by atoms with Gasteiger partial charge in [0.1, 0.15) is 12.3 Å². The average Bonchev–Trinajstić information content (AvgIpc) is 3.21. The zero-order valence-electron chi connectivity index (χ0n) is 14.7. The number of anilines is 1. The number of hydrogen-bond donors (Lipinski definition) is 0. The molecule has 1 amide bonds. The summed E-state index contributed by atoms with van der Waals surface area (Å²) in [5, 5.41) is 0. The predicted molar refractivity (Wildman–Crippen MR) is 99.8 cm³/mol. The maximum Gasteiger partial charge on any atom is 0.264 e. The molecule has 1 heterocycles. The number of rotatable bonds is 6. The molecule has 1 fully saturated rings. The Balaban J connectivity index is 1.94. The van der Waals surface area contributed by atoms with E-state index < -0.39 is 10.0 Å². The number of benzene rings is 2. The summed E-state index contributed by atoms with van der Waals surface area (Å²) in [6.07, 6.45) is 1.92. The molecule has 0 spiro atoms. The summed E-state index contributed by atoms with van der Waals surface area (Å²) in [6, 6.07) is 14.9. The van der Waals surface area contributed by atoms with E-state index in [4.69, 9.17) is 4.74 Å². The minimum Gasteiger partial charge on any atom is -0.497 e. The summed E-state index contributed by atoms with van der Waals surface area (Å²) in [5.41, 5.74) is 0.468. The molecule has 1 aliphatic heterocycles. The van der Waals surface area contributed by atoms with Gasteiger partial charge < -0.3 is 9.64 Å². The zero-order chi connectivity index (χ0) is 18.6. The second-order valence-corrected chi connectivity index (χ2v) is 7.97. The molecule has 1 aliphatic rings. The van der Waals surface area contributed by atoms with Crippen molar-refractivity contribution < 1.29 is 17.9 Å². The highest BCUT2D eigenvalue weighted by atomic mass is 32.2. The van der Waals surface area contributed by atoms with Crippen molar-refractivity contribution in [3.05, 3.63) is 54.6 Å². The molecule has 0 aliphatic carbocycles. The molecule has 138 valence electrons. The van der Waals surface area contributed by atoms with Crippen molar-refractivity contribution in [3.63, 3.8) is 0 Å². The van der Waals surface area contributed by atoms with Gasteiger partial charge in [0.25, 0.3) is 10.0 Å². The molecule has 6 nitrogen and oxygen atoms in total. The highest BCUT2D eigenvalue weighted by molar-refractivity contribution is 7.92. The van der Waals surface area contributed by atoms with Crippen molar-refractivity contribution in [3.8, 4) is 5.75 Å². The molecule has 1 saturated heterocycles. The first-order chi connectivity index (χ1) is 12.5. The molecule has 7 heteroatoms. The van der Waals surface area contributed by atoms with E-state index in [1.165, 1.54) is 23.5 Å². The van der Waals surface area contributed by atoms with E-state index >= 15 is 0 Å². The topological polar surface area (TPSA) is 66.9 Å². The molecule has 26 heavy (non-hydrogen) atoms. The van der Waals surface area contributed by atoms with Crippen molar-refractivity contribution in [2.24, 2.45) is 0 Å². The van der Waals surface area contributed by atoms with E-state index in [1.807, 2.05) is 6.07 Å². The first kappa shape index (κ1) is 18.3. The fourth-order valence-electron chi connectivity index (χ4n) is 2.97. The van der Waals surface area contributed by atoms with Gasteiger partial charge in [-0.2, -0.15) is 0 Å². The maximum atomic E-state index is 13.2. The summed E-state index contributed by atoms with van der Waals surface area (Å²) in [7, 11) is -2.35. The van der Waals surface area contributed by atoms with Crippen molar-refractivity contribution in [1.82, 2.24) is 4.90 Å². The van der Waals surface area contributed by atoms with Crippen LogP contribution in [-0.4, -0.2) is 46.0 Å². The number of sulfonamides is 1. The van der Waals surface area contributed by atoms with E-state index in [0.29, 0.717) is 24.5 Å². The molecule has 0 unspecified atom stereocenters. The van der Waals surface area contributed by atoms with Crippen LogP contribution in [0.25, 0.3) is 0 Å². The molecule has 0 radical (unpaired) electrons. The smallest absolute Gasteiger partial charge is 0.264 e. The maximum absolute atomic E-state index is 13.2. The largest absolute Gasteiger partial charge is 0.497 e. The number of methoxy groups -OCH3 is 1. The molecular formula is C19H22N2O4S. The number of nitrogens with zero attached hydrogens (tertiary/aromatic N) is 2. The summed E-state index contributed by atoms with van der Waals surface area (Å²) in [4.78, 5) is 14.5. The number of para-hydroxylation sites is 1. The third-order valence-corrected chi connectivity index (χ3v) is 6.22. The van der Waals surface area contributed by atoms with Gasteiger partial charge in [-0.05, 0) is 49.2 Å². The Morgan fingerprint density at radius 1 is 1.04 bits per heavy atom. The average molecular weight is 374 g/mol. The first-order valence-corrected chi connectivity index (χ1v) is 9.96. The number of ether oxygens (including phenoxy) is 1. The third-order valence-electron chi connectivity index (χ3n) is 4.43. The lowest BCUT2D eigenvalue weighted by molar-refractivity contribution is -0.128. The van der Waals surface area contributed by atoms with Gasteiger partial charge in [0, 0.05) is 13.1 Å². The lowest BCUT2D eigenvalue weighted by Crippen LogP contribution is -2.42. The van der Waals surface area contributed by atoms with Crippen LogP contribution in [0.4, 0.5) is 5.69 Å². The first-order valence-electron chi connectivity index (χ1n) is 8.52. The van der Waals surface area contributed by atoms with E-state index in [9.17, 15) is 13.2 Å². The van der Waals surface area contributed by atoms with Crippen LogP contribution in [0.15, 0.2) is 59.5 Å². The zero-order valence-corrected chi connectivity index (χ0v) is 15.5. The molecule has 0 bridgehead atoms. The van der Waals surface area contributed by atoms with Gasteiger partial charge in [0.2, 0.25) is 5.91 Å². The molecule has 0 N–H and O–H groups in total. The Bertz CT molecular complexity index is 845. The van der Waals surface area contributed by atoms with Crippen LogP contribution in [0, 0.1) is 0 Å². The molecule has 0 saturated carbocycles. The Hall–Kier alpha value is -2.54. The Kier molecular flexibility index (Phi) is 5.46. The van der Waals surface area contributed by atoms with Crippen LogP contribution in [0.2, 0.25) is 0 Å². The third kappa shape index (κ3) is 3.83. The van der Waals surface area contributed by atoms with Gasteiger partial charge >= 0.3 is 0 Å². The summed E-state index contributed by atoms with van der Waals surface area (Å²) in [6.45, 7) is 1.16. The van der Waals surface area contributed by atoms with Crippen LogP contribution in [0.5, 0.6) is 5.75 Å². The van der Waals surface area contributed by atoms with Gasteiger partial charge in [0.15, 0.2) is 0 Å². The Morgan fingerprint density at radius 3 is 2.23 bits per heavy atom. The van der Waals surface area contributed by atoms with E-state index in [1.54, 1.807) is 41.3 Å². The van der Waals surface area contributed by atoms with Crippen LogP contribution in [-0.2, 0) is 14.8 Å². The standard InChI is InChI=1S/C19H22N2O4S/c1-25-17-9-11-18(12-10-17)26(23,24)21(16-7-3-2-4-8-16)15-19(22)20-13-5-6-14-20/h2-4,7-12H,5-6,13-15H2,1H3. The normalized spacial score (nSPS) is 14.3. The summed E-state index contributed by atoms with van der Waals surface area (Å²) in [5.74, 6) is 0.395. The van der Waals surface area contributed by atoms with E-state index in [0.717, 1.165) is 12.8 Å². The number of amides is 1. The van der Waals surface area contributed by atoms with Gasteiger partial charge in [0.05, 0.1) is 17.7 Å². The second kappa shape index (κ2) is 7.78. The summed E-state index contributed by atoms with van der Waals surface area (Å²) < 4.78 is 32.7. The Morgan fingerprint density at radius 2 is 1.65 bits per heavy atom. The number of carbonyl (C=O) groups excluding carboxylic acids is 1. The lowest BCUT2D eigenvalue weighted by atomic mass is 10.3. The lowest BCUT2D eigenvalue weighted by Gasteiger charge is -2.26. The van der Waals surface area contributed by atoms with Crippen molar-refractivity contribution >= 4 is 21.6 Å². The molecule has 2 aromatic carbocycles. The van der Waals surface area contributed by atoms with Gasteiger partial charge in [-0.1, -0.05) is 18.2 Å². The SMILES string of the molecule is COc1ccc(S(=O)(=O)N(CC(=O)N2CCCC2)c2ccccc2)cc1. The van der Waals surface area contributed by atoms with Crippen LogP contribution in [0.3, 0.4) is 0 Å². The van der Waals surface area contributed by atoms with E-state index in [-0.39, 0.29) is 17.3 Å². The van der Waals surface area contributed by atoms with E-state index in [2.05, 4.69) is 0 Å². The van der Waals surface area contributed by atoms with Crippen molar-refractivity contribution in [2.45, 2.75) is 17.7 Å². The number of hydrogen-bond acceptors (Lipinski definition) is 4. The monoisotopic (exact) mass is 374 g/mol.